The van der Waals surface area contributed by atoms with E-state index in [9.17, 15) is 0 Å². The third kappa shape index (κ3) is 54.2. The first kappa shape index (κ1) is 67.0. The quantitative estimate of drug-likeness (QED) is 0.198. The molecule has 0 aliphatic carbocycles. The summed E-state index contributed by atoms with van der Waals surface area (Å²) in [5.41, 5.74) is 0. The molecule has 0 bridgehead atoms. The van der Waals surface area contributed by atoms with E-state index in [-0.39, 0.29) is 68.7 Å². The standard InChI is InChI=1S/2C7H14O.2C6H12O.2C5H9O.C2H2.CH4.B2.B.3K.H/c2*1-2-7-5-3-4-6-8-7;2*1-6-4-2-3-5-7-6;2*1-2-4-6-5-3-1;1-2;;1-2;;;;;/h2*7H,2-6H2,1H3;2*6H,2-5H2,1H3;2*4H,1-3,5H2;1-2H;1H4;;;;;;/q;;;;2*+1;;;;;;;+1;-1. The fraction of sp³-hybridized carbons (Fsp3) is 0.897. The van der Waals surface area contributed by atoms with Crippen molar-refractivity contribution in [3.05, 3.63) is 13.2 Å². The molecule has 12 heteroatoms. The average Bonchev–Trinajstić information content (AvgIpc) is 3.21. The van der Waals surface area contributed by atoms with Crippen LogP contribution in [0.5, 0.6) is 0 Å². The summed E-state index contributed by atoms with van der Waals surface area (Å²) < 4.78 is 31.3. The molecule has 4 unspecified atom stereocenters. The zero-order chi connectivity index (χ0) is 36.4. The Morgan fingerprint density at radius 2 is 0.843 bits per heavy atom. The summed E-state index contributed by atoms with van der Waals surface area (Å²) >= 11 is 2.50. The second kappa shape index (κ2) is 60.8. The van der Waals surface area contributed by atoms with Gasteiger partial charge in [0.1, 0.15) is 12.8 Å². The molecule has 51 heavy (non-hydrogen) atoms. The number of hydrogen-bond acceptors (Lipinski definition) is 6. The van der Waals surface area contributed by atoms with Crippen molar-refractivity contribution in [3.63, 3.8) is 0 Å². The van der Waals surface area contributed by atoms with Crippen molar-refractivity contribution >= 4 is 87.0 Å². The maximum atomic E-state index is 5.43. The van der Waals surface area contributed by atoms with Crippen LogP contribution in [0.15, 0.2) is 0 Å². The van der Waals surface area contributed by atoms with Crippen LogP contribution in [0.4, 0.5) is 0 Å². The Morgan fingerprint density at radius 1 is 0.549 bits per heavy atom. The van der Waals surface area contributed by atoms with Crippen molar-refractivity contribution in [1.29, 1.82) is 0 Å². The molecule has 6 aliphatic rings. The number of terminal acetylenes is 1. The molecule has 7 radical (unpaired) electrons. The Morgan fingerprint density at radius 3 is 0.941 bits per heavy atom. The Labute approximate surface area is 414 Å². The molecule has 6 saturated heterocycles. The Kier molecular flexibility index (Phi) is 79.9. The van der Waals surface area contributed by atoms with E-state index >= 15 is 0 Å². The van der Waals surface area contributed by atoms with Crippen LogP contribution in [0.25, 0.3) is 0 Å². The Bertz CT molecular complexity index is 510. The van der Waals surface area contributed by atoms with Gasteiger partial charge in [0.15, 0.2) is 0 Å². The summed E-state index contributed by atoms with van der Waals surface area (Å²) in [6.45, 7) is 18.3. The predicted molar refractivity (Wildman–Crippen MR) is 221 cm³/mol. The monoisotopic (exact) mass is 791 g/mol. The van der Waals surface area contributed by atoms with Gasteiger partial charge < -0.3 is 20.4 Å². The van der Waals surface area contributed by atoms with E-state index in [1.54, 1.807) is 0 Å². The second-order valence-corrected chi connectivity index (χ2v) is 12.2. The SMILES string of the molecule is C.C#C.CC1CCCCO1.CC1CCCCO1.CCC1CCCCO1.CCC1CCCCO1.[B].[B][B].[CH+]1CCCCO1.[CH+]1CCCCO1.[H-].[K+].[K][K]. The van der Waals surface area contributed by atoms with Crippen molar-refractivity contribution in [2.45, 2.75) is 188 Å². The van der Waals surface area contributed by atoms with Gasteiger partial charge >= 0.3 is 115 Å². The summed E-state index contributed by atoms with van der Waals surface area (Å²) in [6, 6.07) is 0. The van der Waals surface area contributed by atoms with Crippen molar-refractivity contribution in [2.24, 2.45) is 0 Å². The fourth-order valence-electron chi connectivity index (χ4n) is 5.22. The van der Waals surface area contributed by atoms with Gasteiger partial charge in [0.05, 0.1) is 37.6 Å². The topological polar surface area (TPSA) is 55.4 Å². The van der Waals surface area contributed by atoms with E-state index in [0.29, 0.717) is 24.4 Å². The molecule has 0 spiro atoms. The molecule has 0 aromatic carbocycles. The second-order valence-electron chi connectivity index (χ2n) is 12.2. The first-order valence-electron chi connectivity index (χ1n) is 19.6. The van der Waals surface area contributed by atoms with Gasteiger partial charge in [-0.05, 0) is 129 Å². The Hall–Kier alpha value is 4.16. The molecule has 6 nitrogen and oxygen atoms in total. The molecule has 6 heterocycles. The summed E-state index contributed by atoms with van der Waals surface area (Å²) in [4.78, 5) is 0. The van der Waals surface area contributed by atoms with E-state index in [1.165, 1.54) is 179 Å². The maximum absolute atomic E-state index is 5.43. The van der Waals surface area contributed by atoms with E-state index in [4.69, 9.17) is 28.4 Å². The van der Waals surface area contributed by atoms with Crippen LogP contribution in [-0.4, -0.2) is 151 Å². The van der Waals surface area contributed by atoms with Crippen molar-refractivity contribution < 1.29 is 81.2 Å². The third-order valence-electron chi connectivity index (χ3n) is 8.18. The normalized spacial score (nSPS) is 24.2. The number of hydrogen-bond donors (Lipinski definition) is 0. The van der Waals surface area contributed by atoms with E-state index in [2.05, 4.69) is 56.0 Å². The van der Waals surface area contributed by atoms with Crippen molar-refractivity contribution in [1.82, 2.24) is 0 Å². The van der Waals surface area contributed by atoms with Crippen LogP contribution in [0, 0.1) is 26.1 Å². The molecule has 6 aliphatic heterocycles. The fourth-order valence-corrected chi connectivity index (χ4v) is 5.22. The van der Waals surface area contributed by atoms with Crippen molar-refractivity contribution in [3.8, 4) is 12.8 Å². The molecule has 6 fully saturated rings. The zero-order valence-electron chi connectivity index (χ0n) is 35.2. The molecule has 0 aromatic heterocycles. The molecule has 0 N–H and O–H groups in total. The summed E-state index contributed by atoms with van der Waals surface area (Å²) in [7, 11) is 8.00. The van der Waals surface area contributed by atoms with Gasteiger partial charge in [0, 0.05) is 50.3 Å². The first-order valence-corrected chi connectivity index (χ1v) is 35.6. The molecule has 279 valence electrons. The summed E-state index contributed by atoms with van der Waals surface area (Å²) in [5, 5.41) is 0. The molecule has 0 amide bonds. The van der Waals surface area contributed by atoms with Gasteiger partial charge in [-0.25, -0.2) is 0 Å². The summed E-state index contributed by atoms with van der Waals surface area (Å²) in [6.07, 6.45) is 35.7. The van der Waals surface area contributed by atoms with Crippen molar-refractivity contribution in [2.75, 3.05) is 39.6 Å². The van der Waals surface area contributed by atoms with Crippen LogP contribution in [-0.2, 0) is 28.4 Å². The number of rotatable bonds is 2. The summed E-state index contributed by atoms with van der Waals surface area (Å²) in [5.74, 6) is 0. The van der Waals surface area contributed by atoms with Gasteiger partial charge in [-0.15, -0.1) is 12.8 Å². The van der Waals surface area contributed by atoms with Gasteiger partial charge in [0.2, 0.25) is 13.2 Å². The third-order valence-corrected chi connectivity index (χ3v) is 8.18. The molecular formula is C39H77B3K3O6+2. The minimum atomic E-state index is 0. The molecule has 6 rings (SSSR count). The van der Waals surface area contributed by atoms with Gasteiger partial charge in [-0.1, -0.05) is 21.3 Å². The van der Waals surface area contributed by atoms with Crippen LogP contribution < -0.4 is 51.4 Å². The van der Waals surface area contributed by atoms with Crippen LogP contribution in [0.1, 0.15) is 165 Å². The van der Waals surface area contributed by atoms with E-state index in [1.807, 2.05) is 13.2 Å². The molecule has 0 saturated carbocycles. The van der Waals surface area contributed by atoms with Gasteiger partial charge in [0.25, 0.3) is 0 Å². The Balaban J connectivity index is -0.0000000896. The van der Waals surface area contributed by atoms with Crippen LogP contribution in [0.2, 0.25) is 0 Å². The van der Waals surface area contributed by atoms with E-state index < -0.39 is 0 Å². The van der Waals surface area contributed by atoms with Crippen LogP contribution in [0.3, 0.4) is 0 Å². The molecular weight excluding hydrogens is 714 g/mol. The average molecular weight is 792 g/mol. The molecule has 0 aromatic rings. The zero-order valence-corrected chi connectivity index (χ0v) is 43.6. The minimum absolute atomic E-state index is 0. The first-order chi connectivity index (χ1) is 23.7. The van der Waals surface area contributed by atoms with Gasteiger partial charge in [-0.2, -0.15) is 9.47 Å². The predicted octanol–water partition coefficient (Wildman–Crippen LogP) is 5.88. The van der Waals surface area contributed by atoms with E-state index in [0.717, 1.165) is 52.5 Å². The number of ether oxygens (including phenoxy) is 6. The van der Waals surface area contributed by atoms with Gasteiger partial charge in [-0.3, -0.25) is 0 Å². The van der Waals surface area contributed by atoms with Crippen LogP contribution >= 0.6 is 0 Å². The molecule has 4 atom stereocenters.